The van der Waals surface area contributed by atoms with Gasteiger partial charge >= 0.3 is 5.97 Å². The van der Waals surface area contributed by atoms with Crippen molar-refractivity contribution in [3.63, 3.8) is 0 Å². The highest BCUT2D eigenvalue weighted by atomic mass is 16.4. The summed E-state index contributed by atoms with van der Waals surface area (Å²) in [7, 11) is 0. The Kier molecular flexibility index (Phi) is 14.2. The van der Waals surface area contributed by atoms with E-state index in [1.807, 2.05) is 6.08 Å². The monoisotopic (exact) mass is 384 g/mol. The Balaban J connectivity index is 3.98. The number of carboxylic acids is 1. The van der Waals surface area contributed by atoms with Crippen LogP contribution in [0.3, 0.4) is 0 Å². The molecule has 27 heavy (non-hydrogen) atoms. The Morgan fingerprint density at radius 2 is 1.59 bits per heavy atom. The van der Waals surface area contributed by atoms with Crippen molar-refractivity contribution >= 4 is 5.97 Å². The number of aliphatic hydroxyl groups excluding tert-OH is 3. The summed E-state index contributed by atoms with van der Waals surface area (Å²) in [6, 6.07) is 0. The van der Waals surface area contributed by atoms with Crippen molar-refractivity contribution in [3.8, 4) is 0 Å². The summed E-state index contributed by atoms with van der Waals surface area (Å²) in [5.74, 6) is -0.928. The highest BCUT2D eigenvalue weighted by Gasteiger charge is 2.28. The number of carbonyl (C=O) groups is 1. The van der Waals surface area contributed by atoms with Crippen LogP contribution in [0.25, 0.3) is 0 Å². The van der Waals surface area contributed by atoms with Crippen LogP contribution < -0.4 is 0 Å². The topological polar surface area (TPSA) is 98.0 Å². The fraction of sp³-hybridized carbons (Fsp3) is 0.773. The Morgan fingerprint density at radius 1 is 0.963 bits per heavy atom. The minimum absolute atomic E-state index is 0.180. The second-order valence-corrected chi connectivity index (χ2v) is 8.00. The van der Waals surface area contributed by atoms with Gasteiger partial charge in [-0.3, -0.25) is 4.79 Å². The average molecular weight is 385 g/mol. The van der Waals surface area contributed by atoms with Crippen LogP contribution in [0.15, 0.2) is 24.3 Å². The van der Waals surface area contributed by atoms with Crippen LogP contribution in [0, 0.1) is 5.41 Å². The minimum atomic E-state index is -1.11. The van der Waals surface area contributed by atoms with Gasteiger partial charge in [0.15, 0.2) is 0 Å². The molecular weight excluding hydrogens is 344 g/mol. The van der Waals surface area contributed by atoms with Gasteiger partial charge in [0, 0.05) is 0 Å². The molecule has 0 saturated heterocycles. The number of allylic oxidation sites excluding steroid dienone is 1. The van der Waals surface area contributed by atoms with E-state index in [0.29, 0.717) is 6.42 Å². The lowest BCUT2D eigenvalue weighted by Crippen LogP contribution is -2.29. The van der Waals surface area contributed by atoms with E-state index in [4.69, 9.17) is 5.11 Å². The summed E-state index contributed by atoms with van der Waals surface area (Å²) in [4.78, 5) is 11.0. The van der Waals surface area contributed by atoms with Crippen LogP contribution in [-0.2, 0) is 4.79 Å². The van der Waals surface area contributed by atoms with Gasteiger partial charge in [-0.25, -0.2) is 0 Å². The van der Waals surface area contributed by atoms with Gasteiger partial charge in [0.05, 0.1) is 23.7 Å². The second-order valence-electron chi connectivity index (χ2n) is 8.00. The van der Waals surface area contributed by atoms with E-state index in [-0.39, 0.29) is 12.8 Å². The number of rotatable bonds is 16. The second kappa shape index (κ2) is 14.8. The molecule has 0 aliphatic heterocycles. The first kappa shape index (κ1) is 25.8. The quantitative estimate of drug-likeness (QED) is 0.236. The van der Waals surface area contributed by atoms with E-state index in [1.54, 1.807) is 13.8 Å². The van der Waals surface area contributed by atoms with E-state index in [2.05, 4.69) is 13.0 Å². The summed E-state index contributed by atoms with van der Waals surface area (Å²) in [5.41, 5.74) is -0.940. The van der Waals surface area contributed by atoms with Gasteiger partial charge in [0.1, 0.15) is 0 Å². The molecule has 158 valence electrons. The van der Waals surface area contributed by atoms with Gasteiger partial charge in [0.25, 0.3) is 0 Å². The van der Waals surface area contributed by atoms with Crippen LogP contribution in [0.2, 0.25) is 0 Å². The van der Waals surface area contributed by atoms with Gasteiger partial charge < -0.3 is 20.4 Å². The summed E-state index contributed by atoms with van der Waals surface area (Å²) >= 11 is 0. The largest absolute Gasteiger partial charge is 0.481 e. The molecular formula is C22H40O5. The van der Waals surface area contributed by atoms with Crippen molar-refractivity contribution in [1.29, 1.82) is 0 Å². The predicted molar refractivity (Wildman–Crippen MR) is 110 cm³/mol. The number of hydrogen-bond donors (Lipinski definition) is 4. The zero-order valence-corrected chi connectivity index (χ0v) is 17.3. The molecule has 0 aliphatic rings. The molecule has 0 heterocycles. The third-order valence-electron chi connectivity index (χ3n) is 4.84. The first-order valence-electron chi connectivity index (χ1n) is 10.3. The maximum atomic E-state index is 11.0. The Morgan fingerprint density at radius 3 is 2.22 bits per heavy atom. The number of aliphatic hydroxyl groups is 3. The molecule has 0 fully saturated rings. The lowest BCUT2D eigenvalue weighted by atomic mass is 9.86. The molecule has 0 amide bonds. The smallest absolute Gasteiger partial charge is 0.309 e. The summed E-state index contributed by atoms with van der Waals surface area (Å²) in [6.45, 7) is 5.39. The van der Waals surface area contributed by atoms with Gasteiger partial charge in [-0.1, -0.05) is 63.3 Å². The Labute approximate surface area is 164 Å². The minimum Gasteiger partial charge on any atom is -0.481 e. The van der Waals surface area contributed by atoms with Crippen LogP contribution in [0.4, 0.5) is 0 Å². The average Bonchev–Trinajstić information content (AvgIpc) is 2.62. The van der Waals surface area contributed by atoms with Gasteiger partial charge in [-0.2, -0.15) is 0 Å². The van der Waals surface area contributed by atoms with Gasteiger partial charge in [-0.15, -0.1) is 0 Å². The summed E-state index contributed by atoms with van der Waals surface area (Å²) < 4.78 is 0. The van der Waals surface area contributed by atoms with Gasteiger partial charge in [0.2, 0.25) is 0 Å². The molecule has 0 aromatic rings. The fourth-order valence-electron chi connectivity index (χ4n) is 2.63. The lowest BCUT2D eigenvalue weighted by molar-refractivity contribution is -0.147. The molecule has 0 rings (SSSR count). The van der Waals surface area contributed by atoms with Gasteiger partial charge in [-0.05, 0) is 46.0 Å². The maximum absolute atomic E-state index is 11.0. The predicted octanol–water partition coefficient (Wildman–Crippen LogP) is 4.21. The normalized spacial score (nSPS) is 16.1. The molecule has 0 aromatic heterocycles. The fourth-order valence-corrected chi connectivity index (χ4v) is 2.63. The molecule has 0 aromatic carbocycles. The lowest BCUT2D eigenvalue weighted by Gasteiger charge is -2.22. The third-order valence-corrected chi connectivity index (χ3v) is 4.84. The van der Waals surface area contributed by atoms with Crippen LogP contribution in [0.1, 0.15) is 85.0 Å². The number of carboxylic acid groups (broad SMARTS) is 1. The zero-order valence-electron chi connectivity index (χ0n) is 17.3. The standard InChI is InChI=1S/C22H40O5/c1-4-5-6-7-8-9-10-11-12-13-18(23)14-15-19(24)20(25)16-17-22(2,3)21(26)27/h11-12,14-15,18-20,23-25H,4-10,13,16-17H2,1-3H3,(H,26,27)/b12-11-,15-14+. The van der Waals surface area contributed by atoms with E-state index in [1.165, 1.54) is 50.7 Å². The molecule has 5 heteroatoms. The first-order chi connectivity index (χ1) is 12.7. The zero-order chi connectivity index (χ0) is 20.7. The Hall–Kier alpha value is -1.17. The number of unbranched alkanes of at least 4 members (excludes halogenated alkanes) is 6. The van der Waals surface area contributed by atoms with Crippen LogP contribution in [-0.4, -0.2) is 44.7 Å². The van der Waals surface area contributed by atoms with Crippen molar-refractivity contribution in [3.05, 3.63) is 24.3 Å². The summed E-state index contributed by atoms with van der Waals surface area (Å²) in [6.07, 6.45) is 13.5. The van der Waals surface area contributed by atoms with Crippen molar-refractivity contribution in [2.75, 3.05) is 0 Å². The van der Waals surface area contributed by atoms with Crippen molar-refractivity contribution in [1.82, 2.24) is 0 Å². The molecule has 0 bridgehead atoms. The van der Waals surface area contributed by atoms with E-state index in [0.717, 1.165) is 6.42 Å². The SMILES string of the molecule is CCCCCCCC/C=C\CC(O)/C=C/C(O)C(O)CCC(C)(C)C(=O)O. The third kappa shape index (κ3) is 13.6. The van der Waals surface area contributed by atoms with Crippen LogP contribution >= 0.6 is 0 Å². The van der Waals surface area contributed by atoms with E-state index < -0.39 is 29.7 Å². The van der Waals surface area contributed by atoms with Crippen molar-refractivity contribution in [2.24, 2.45) is 5.41 Å². The first-order valence-corrected chi connectivity index (χ1v) is 10.3. The molecule has 3 unspecified atom stereocenters. The number of hydrogen-bond acceptors (Lipinski definition) is 4. The molecule has 0 radical (unpaired) electrons. The summed E-state index contributed by atoms with van der Waals surface area (Å²) in [5, 5.41) is 38.8. The molecule has 5 nitrogen and oxygen atoms in total. The number of aliphatic carboxylic acids is 1. The van der Waals surface area contributed by atoms with E-state index in [9.17, 15) is 20.1 Å². The maximum Gasteiger partial charge on any atom is 0.309 e. The molecule has 3 atom stereocenters. The molecule has 0 saturated carbocycles. The van der Waals surface area contributed by atoms with Crippen molar-refractivity contribution in [2.45, 2.75) is 103 Å². The highest BCUT2D eigenvalue weighted by molar-refractivity contribution is 5.73. The van der Waals surface area contributed by atoms with Crippen LogP contribution in [0.5, 0.6) is 0 Å². The molecule has 4 N–H and O–H groups in total. The highest BCUT2D eigenvalue weighted by Crippen LogP contribution is 2.24. The Bertz CT molecular complexity index is 442. The molecule has 0 spiro atoms. The van der Waals surface area contributed by atoms with Crippen molar-refractivity contribution < 1.29 is 25.2 Å². The van der Waals surface area contributed by atoms with E-state index >= 15 is 0 Å². The molecule has 0 aliphatic carbocycles.